The van der Waals surface area contributed by atoms with E-state index in [-0.39, 0.29) is 11.3 Å². The van der Waals surface area contributed by atoms with Crippen LogP contribution in [-0.4, -0.2) is 64.9 Å². The van der Waals surface area contributed by atoms with Crippen LogP contribution in [0.4, 0.5) is 0 Å². The van der Waals surface area contributed by atoms with E-state index in [0.717, 1.165) is 13.1 Å². The average Bonchev–Trinajstić information content (AvgIpc) is 3.38. The van der Waals surface area contributed by atoms with Crippen molar-refractivity contribution in [3.05, 3.63) is 70.4 Å². The molecule has 1 aromatic carbocycles. The van der Waals surface area contributed by atoms with Gasteiger partial charge in [-0.1, -0.05) is 31.5 Å². The van der Waals surface area contributed by atoms with Gasteiger partial charge in [-0.2, -0.15) is 0 Å². The van der Waals surface area contributed by atoms with Crippen LogP contribution in [0.1, 0.15) is 36.0 Å². The van der Waals surface area contributed by atoms with Crippen molar-refractivity contribution in [2.75, 3.05) is 33.3 Å². The number of pyridine rings is 1. The molecular weight excluding hydrogens is 458 g/mol. The number of aliphatic hydroxyl groups is 1. The quantitative estimate of drug-likeness (QED) is 0.450. The van der Waals surface area contributed by atoms with E-state index in [1.807, 2.05) is 13.8 Å². The molecule has 2 aromatic heterocycles. The zero-order valence-electron chi connectivity index (χ0n) is 19.2. The van der Waals surface area contributed by atoms with Crippen LogP contribution in [0.15, 0.2) is 58.5 Å². The standard InChI is InChI=1S/C25H26ClN3O5/c1-4-28(5-2)9-10-29-21(15-7-6-8-27-14-15)20(23(31)25(29)32)22(30)18-12-16-11-17(26)13-19(33-3)24(16)34-18/h6-8,11-14,21,31H,4-5,9-10H2,1-3H3. The normalized spacial score (nSPS) is 16.2. The number of carbonyl (C=O) groups is 2. The molecule has 0 spiro atoms. The molecule has 0 radical (unpaired) electrons. The van der Waals surface area contributed by atoms with Crippen molar-refractivity contribution < 1.29 is 23.8 Å². The van der Waals surface area contributed by atoms with Gasteiger partial charge in [-0.05, 0) is 36.9 Å². The Morgan fingerprint density at radius 3 is 2.71 bits per heavy atom. The van der Waals surface area contributed by atoms with Gasteiger partial charge in [-0.3, -0.25) is 14.6 Å². The summed E-state index contributed by atoms with van der Waals surface area (Å²) >= 11 is 6.15. The summed E-state index contributed by atoms with van der Waals surface area (Å²) in [5, 5.41) is 11.8. The lowest BCUT2D eigenvalue weighted by molar-refractivity contribution is -0.129. The fourth-order valence-corrected chi connectivity index (χ4v) is 4.49. The minimum atomic E-state index is -0.789. The van der Waals surface area contributed by atoms with E-state index in [1.54, 1.807) is 36.7 Å². The third kappa shape index (κ3) is 4.26. The van der Waals surface area contributed by atoms with E-state index in [1.165, 1.54) is 18.1 Å². The molecule has 4 rings (SSSR count). The van der Waals surface area contributed by atoms with Crippen LogP contribution in [0.3, 0.4) is 0 Å². The Hall–Kier alpha value is -3.36. The van der Waals surface area contributed by atoms with Gasteiger partial charge in [-0.15, -0.1) is 0 Å². The summed E-state index contributed by atoms with van der Waals surface area (Å²) in [5.74, 6) is -1.40. The predicted molar refractivity (Wildman–Crippen MR) is 128 cm³/mol. The van der Waals surface area contributed by atoms with Crippen molar-refractivity contribution in [1.29, 1.82) is 0 Å². The molecule has 3 heterocycles. The fourth-order valence-electron chi connectivity index (χ4n) is 4.27. The fraction of sp³-hybridized carbons (Fsp3) is 0.320. The molecule has 34 heavy (non-hydrogen) atoms. The highest BCUT2D eigenvalue weighted by atomic mass is 35.5. The number of likely N-dealkylation sites (N-methyl/N-ethyl adjacent to an activating group) is 1. The molecule has 178 valence electrons. The molecule has 1 amide bonds. The molecule has 1 N–H and O–H groups in total. The number of fused-ring (bicyclic) bond motifs is 1. The van der Waals surface area contributed by atoms with E-state index < -0.39 is 23.5 Å². The lowest BCUT2D eigenvalue weighted by atomic mass is 9.96. The molecule has 1 unspecified atom stereocenters. The van der Waals surface area contributed by atoms with Crippen LogP contribution in [0.5, 0.6) is 5.75 Å². The van der Waals surface area contributed by atoms with Crippen molar-refractivity contribution in [3.63, 3.8) is 0 Å². The van der Waals surface area contributed by atoms with Crippen LogP contribution in [0.25, 0.3) is 11.0 Å². The number of ketones is 1. The van der Waals surface area contributed by atoms with Crippen LogP contribution in [0, 0.1) is 0 Å². The summed E-state index contributed by atoms with van der Waals surface area (Å²) in [7, 11) is 1.48. The van der Waals surface area contributed by atoms with E-state index in [2.05, 4.69) is 9.88 Å². The first-order chi connectivity index (χ1) is 16.4. The van der Waals surface area contributed by atoms with E-state index >= 15 is 0 Å². The Balaban J connectivity index is 1.76. The highest BCUT2D eigenvalue weighted by Crippen LogP contribution is 2.40. The molecule has 1 aliphatic heterocycles. The van der Waals surface area contributed by atoms with Crippen molar-refractivity contribution in [3.8, 4) is 5.75 Å². The molecule has 0 bridgehead atoms. The molecule has 0 saturated heterocycles. The number of hydrogen-bond donors (Lipinski definition) is 1. The summed E-state index contributed by atoms with van der Waals surface area (Å²) in [5.41, 5.74) is 0.942. The second-order valence-corrected chi connectivity index (χ2v) is 8.38. The number of nitrogens with zero attached hydrogens (tertiary/aromatic N) is 3. The lowest BCUT2D eigenvalue weighted by Gasteiger charge is -2.29. The van der Waals surface area contributed by atoms with Crippen molar-refractivity contribution in [2.45, 2.75) is 19.9 Å². The summed E-state index contributed by atoms with van der Waals surface area (Å²) in [6.45, 7) is 6.67. The van der Waals surface area contributed by atoms with Gasteiger partial charge in [0, 0.05) is 42.0 Å². The first-order valence-electron chi connectivity index (χ1n) is 11.1. The monoisotopic (exact) mass is 483 g/mol. The largest absolute Gasteiger partial charge is 0.503 e. The van der Waals surface area contributed by atoms with Crippen molar-refractivity contribution in [1.82, 2.24) is 14.8 Å². The van der Waals surface area contributed by atoms with Crippen LogP contribution in [0.2, 0.25) is 5.02 Å². The molecule has 9 heteroatoms. The number of carbonyl (C=O) groups excluding carboxylic acids is 2. The SMILES string of the molecule is CCN(CC)CCN1C(=O)C(O)=C(C(=O)c2cc3cc(Cl)cc(OC)c3o2)C1c1cccnc1. The Morgan fingerprint density at radius 1 is 1.29 bits per heavy atom. The zero-order valence-corrected chi connectivity index (χ0v) is 20.0. The van der Waals surface area contributed by atoms with Gasteiger partial charge in [0.1, 0.15) is 0 Å². The first-order valence-corrected chi connectivity index (χ1v) is 11.5. The van der Waals surface area contributed by atoms with Gasteiger partial charge in [-0.25, -0.2) is 0 Å². The minimum Gasteiger partial charge on any atom is -0.503 e. The Labute approximate surface area is 202 Å². The van der Waals surface area contributed by atoms with Crippen LogP contribution >= 0.6 is 11.6 Å². The highest BCUT2D eigenvalue weighted by molar-refractivity contribution is 6.31. The molecular formula is C25H26ClN3O5. The number of benzene rings is 1. The maximum Gasteiger partial charge on any atom is 0.290 e. The highest BCUT2D eigenvalue weighted by Gasteiger charge is 2.44. The van der Waals surface area contributed by atoms with Crippen molar-refractivity contribution >= 4 is 34.3 Å². The van der Waals surface area contributed by atoms with E-state index in [4.69, 9.17) is 20.8 Å². The minimum absolute atomic E-state index is 0.0237. The molecule has 8 nitrogen and oxygen atoms in total. The molecule has 1 aliphatic rings. The Kier molecular flexibility index (Phi) is 6.90. The van der Waals surface area contributed by atoms with Gasteiger partial charge >= 0.3 is 0 Å². The van der Waals surface area contributed by atoms with E-state index in [0.29, 0.717) is 40.4 Å². The van der Waals surface area contributed by atoms with Crippen molar-refractivity contribution in [2.24, 2.45) is 0 Å². The maximum atomic E-state index is 13.6. The van der Waals surface area contributed by atoms with Gasteiger partial charge in [0.15, 0.2) is 22.9 Å². The number of ether oxygens (including phenoxy) is 1. The number of aromatic nitrogens is 1. The number of halogens is 1. The lowest BCUT2D eigenvalue weighted by Crippen LogP contribution is -2.38. The number of amides is 1. The Bertz CT molecular complexity index is 1250. The smallest absolute Gasteiger partial charge is 0.290 e. The summed E-state index contributed by atoms with van der Waals surface area (Å²) in [4.78, 5) is 34.6. The van der Waals surface area contributed by atoms with Gasteiger partial charge in [0.05, 0.1) is 18.7 Å². The Morgan fingerprint density at radius 2 is 2.06 bits per heavy atom. The van der Waals surface area contributed by atoms with Crippen LogP contribution < -0.4 is 4.74 Å². The predicted octanol–water partition coefficient (Wildman–Crippen LogP) is 4.41. The topological polar surface area (TPSA) is 96.1 Å². The number of methoxy groups -OCH3 is 1. The van der Waals surface area contributed by atoms with E-state index in [9.17, 15) is 14.7 Å². The zero-order chi connectivity index (χ0) is 24.4. The molecule has 0 fully saturated rings. The van der Waals surface area contributed by atoms with Crippen LogP contribution in [-0.2, 0) is 4.79 Å². The maximum absolute atomic E-state index is 13.6. The second kappa shape index (κ2) is 9.87. The molecule has 0 saturated carbocycles. The number of rotatable bonds is 9. The molecule has 1 atom stereocenters. The second-order valence-electron chi connectivity index (χ2n) is 7.94. The molecule has 0 aliphatic carbocycles. The summed E-state index contributed by atoms with van der Waals surface area (Å²) < 4.78 is 11.1. The number of Topliss-reactive ketones (excluding diaryl/α,β-unsaturated/α-hetero) is 1. The summed E-state index contributed by atoms with van der Waals surface area (Å²) in [6, 6.07) is 7.50. The number of aliphatic hydroxyl groups excluding tert-OH is 1. The van der Waals surface area contributed by atoms with Gasteiger partial charge < -0.3 is 24.1 Å². The van der Waals surface area contributed by atoms with Gasteiger partial charge in [0.25, 0.3) is 5.91 Å². The average molecular weight is 484 g/mol. The number of hydrogen-bond acceptors (Lipinski definition) is 7. The third-order valence-corrected chi connectivity index (χ3v) is 6.31. The molecule has 3 aromatic rings. The van der Waals surface area contributed by atoms with Gasteiger partial charge in [0.2, 0.25) is 5.78 Å². The third-order valence-electron chi connectivity index (χ3n) is 6.09. The number of furan rings is 1. The first kappa shape index (κ1) is 23.8. The summed E-state index contributed by atoms with van der Waals surface area (Å²) in [6.07, 6.45) is 3.20.